The van der Waals surface area contributed by atoms with Gasteiger partial charge in [-0.2, -0.15) is 4.98 Å². The van der Waals surface area contributed by atoms with Crippen LogP contribution in [0.3, 0.4) is 0 Å². The molecule has 0 aliphatic rings. The molecule has 1 N–H and O–H groups in total. The lowest BCUT2D eigenvalue weighted by atomic mass is 10.1. The van der Waals surface area contributed by atoms with Crippen molar-refractivity contribution in [1.29, 1.82) is 0 Å². The first-order chi connectivity index (χ1) is 12.4. The van der Waals surface area contributed by atoms with Gasteiger partial charge in [-0.1, -0.05) is 47.5 Å². The molecule has 0 atom stereocenters. The molecule has 0 aliphatic heterocycles. The van der Waals surface area contributed by atoms with E-state index in [1.54, 1.807) is 28.8 Å². The van der Waals surface area contributed by atoms with Crippen LogP contribution in [0.15, 0.2) is 58.8 Å². The van der Waals surface area contributed by atoms with Crippen molar-refractivity contribution < 1.29 is 8.42 Å². The topological polar surface area (TPSA) is 76.4 Å². The Bertz CT molecular complexity index is 1170. The number of nitrogens with zero attached hydrogens (tertiary/aromatic N) is 3. The molecule has 0 fully saturated rings. The molecule has 6 nitrogen and oxygen atoms in total. The quantitative estimate of drug-likeness (QED) is 0.579. The van der Waals surface area contributed by atoms with E-state index in [9.17, 15) is 8.42 Å². The monoisotopic (exact) mass is 384 g/mol. The summed E-state index contributed by atoms with van der Waals surface area (Å²) in [5, 5.41) is 6.28. The van der Waals surface area contributed by atoms with E-state index in [0.29, 0.717) is 4.96 Å². The molecule has 132 valence electrons. The lowest BCUT2D eigenvalue weighted by molar-refractivity contribution is 0.601. The van der Waals surface area contributed by atoms with Gasteiger partial charge in [0.25, 0.3) is 16.0 Å². The van der Waals surface area contributed by atoms with Gasteiger partial charge in [0.2, 0.25) is 4.96 Å². The van der Waals surface area contributed by atoms with Crippen LogP contribution in [0.5, 0.6) is 0 Å². The second-order valence-corrected chi connectivity index (χ2v) is 8.55. The largest absolute Gasteiger partial charge is 0.264 e. The Kier molecular flexibility index (Phi) is 4.01. The Balaban J connectivity index is 1.68. The first-order valence-electron chi connectivity index (χ1n) is 7.93. The zero-order valence-electron chi connectivity index (χ0n) is 14.2. The van der Waals surface area contributed by atoms with Crippen LogP contribution in [0, 0.1) is 13.8 Å². The number of nitrogens with one attached hydrogen (secondary N) is 1. The summed E-state index contributed by atoms with van der Waals surface area (Å²) in [6, 6.07) is 14.7. The minimum absolute atomic E-state index is 0.0609. The number of hydrogen-bond donors (Lipinski definition) is 1. The Labute approximate surface area is 155 Å². The van der Waals surface area contributed by atoms with Gasteiger partial charge in [0.1, 0.15) is 0 Å². The SMILES string of the molecule is Cc1ccc(-c2csc3nc(NS(=O)(=O)c4ccc(C)cc4)nn23)cc1. The highest BCUT2D eigenvalue weighted by Gasteiger charge is 2.18. The van der Waals surface area contributed by atoms with Crippen molar-refractivity contribution in [2.75, 3.05) is 4.72 Å². The second-order valence-electron chi connectivity index (χ2n) is 6.04. The van der Waals surface area contributed by atoms with Crippen molar-refractivity contribution in [3.8, 4) is 11.3 Å². The number of aryl methyl sites for hydroxylation is 2. The van der Waals surface area contributed by atoms with Crippen molar-refractivity contribution in [3.63, 3.8) is 0 Å². The van der Waals surface area contributed by atoms with Gasteiger partial charge in [-0.25, -0.2) is 17.7 Å². The van der Waals surface area contributed by atoms with Crippen molar-refractivity contribution in [2.45, 2.75) is 18.7 Å². The van der Waals surface area contributed by atoms with Crippen LogP contribution in [0.25, 0.3) is 16.2 Å². The van der Waals surface area contributed by atoms with Crippen LogP contribution in [-0.2, 0) is 10.0 Å². The minimum atomic E-state index is -3.72. The summed E-state index contributed by atoms with van der Waals surface area (Å²) < 4.78 is 29.1. The van der Waals surface area contributed by atoms with E-state index in [1.165, 1.54) is 16.9 Å². The smallest absolute Gasteiger partial charge is 0.246 e. The fourth-order valence-electron chi connectivity index (χ4n) is 2.54. The highest BCUT2D eigenvalue weighted by Crippen LogP contribution is 2.26. The van der Waals surface area contributed by atoms with Gasteiger partial charge in [0, 0.05) is 10.9 Å². The summed E-state index contributed by atoms with van der Waals surface area (Å²) in [4.78, 5) is 5.09. The first-order valence-corrected chi connectivity index (χ1v) is 10.3. The van der Waals surface area contributed by atoms with Crippen molar-refractivity contribution in [1.82, 2.24) is 14.6 Å². The Hall–Kier alpha value is -2.71. The molecule has 2 aromatic carbocycles. The van der Waals surface area contributed by atoms with Gasteiger partial charge >= 0.3 is 0 Å². The second kappa shape index (κ2) is 6.22. The third-order valence-electron chi connectivity index (χ3n) is 3.99. The maximum absolute atomic E-state index is 12.5. The average Bonchev–Trinajstić information content (AvgIpc) is 3.15. The summed E-state index contributed by atoms with van der Waals surface area (Å²) in [5.74, 6) is 0.0609. The highest BCUT2D eigenvalue weighted by molar-refractivity contribution is 7.92. The molecule has 0 saturated heterocycles. The summed E-state index contributed by atoms with van der Waals surface area (Å²) >= 11 is 1.41. The number of aromatic nitrogens is 3. The zero-order valence-corrected chi connectivity index (χ0v) is 15.8. The fraction of sp³-hybridized carbons (Fsp3) is 0.111. The van der Waals surface area contributed by atoms with Crippen LogP contribution in [0.4, 0.5) is 5.95 Å². The number of rotatable bonds is 4. The van der Waals surface area contributed by atoms with Crippen LogP contribution in [0.1, 0.15) is 11.1 Å². The van der Waals surface area contributed by atoms with Crippen molar-refractivity contribution >= 4 is 32.3 Å². The van der Waals surface area contributed by atoms with Crippen molar-refractivity contribution in [3.05, 3.63) is 65.0 Å². The first kappa shape index (κ1) is 16.7. The lowest BCUT2D eigenvalue weighted by Crippen LogP contribution is -2.14. The number of thiazole rings is 1. The number of anilines is 1. The van der Waals surface area contributed by atoms with E-state index in [1.807, 2.05) is 43.5 Å². The number of fused-ring (bicyclic) bond motifs is 1. The normalized spacial score (nSPS) is 11.8. The highest BCUT2D eigenvalue weighted by atomic mass is 32.2. The zero-order chi connectivity index (χ0) is 18.3. The van der Waals surface area contributed by atoms with E-state index in [2.05, 4.69) is 14.8 Å². The summed E-state index contributed by atoms with van der Waals surface area (Å²) in [6.45, 7) is 3.93. The minimum Gasteiger partial charge on any atom is -0.246 e. The van der Waals surface area contributed by atoms with E-state index >= 15 is 0 Å². The maximum atomic E-state index is 12.5. The third kappa shape index (κ3) is 3.09. The molecule has 0 unspecified atom stereocenters. The van der Waals surface area contributed by atoms with Gasteiger partial charge in [-0.15, -0.1) is 16.4 Å². The molecule has 8 heteroatoms. The predicted octanol–water partition coefficient (Wildman–Crippen LogP) is 3.88. The average molecular weight is 384 g/mol. The van der Waals surface area contributed by atoms with Gasteiger partial charge < -0.3 is 0 Å². The van der Waals surface area contributed by atoms with Crippen LogP contribution < -0.4 is 4.72 Å². The van der Waals surface area contributed by atoms with Gasteiger partial charge in [-0.05, 0) is 26.0 Å². The summed E-state index contributed by atoms with van der Waals surface area (Å²) in [5.41, 5.74) is 4.04. The van der Waals surface area contributed by atoms with Crippen LogP contribution >= 0.6 is 11.3 Å². The lowest BCUT2D eigenvalue weighted by Gasteiger charge is -2.04. The molecule has 2 aromatic heterocycles. The van der Waals surface area contributed by atoms with Gasteiger partial charge in [0.15, 0.2) is 0 Å². The molecule has 0 amide bonds. The summed E-state index contributed by atoms with van der Waals surface area (Å²) in [6.07, 6.45) is 0. The molecule has 2 heterocycles. The van der Waals surface area contributed by atoms with E-state index < -0.39 is 10.0 Å². The number of sulfonamides is 1. The Morgan fingerprint density at radius 2 is 1.58 bits per heavy atom. The third-order valence-corrected chi connectivity index (χ3v) is 6.15. The Morgan fingerprint density at radius 1 is 0.962 bits per heavy atom. The fourth-order valence-corrected chi connectivity index (χ4v) is 4.31. The van der Waals surface area contributed by atoms with E-state index in [-0.39, 0.29) is 10.8 Å². The van der Waals surface area contributed by atoms with E-state index in [0.717, 1.165) is 16.8 Å². The number of hydrogen-bond acceptors (Lipinski definition) is 5. The maximum Gasteiger partial charge on any atom is 0.264 e. The summed E-state index contributed by atoms with van der Waals surface area (Å²) in [7, 11) is -3.72. The molecule has 0 aliphatic carbocycles. The molecule has 4 rings (SSSR count). The molecule has 0 spiro atoms. The molecule has 0 radical (unpaired) electrons. The predicted molar refractivity (Wildman–Crippen MR) is 103 cm³/mol. The van der Waals surface area contributed by atoms with Crippen molar-refractivity contribution in [2.24, 2.45) is 0 Å². The Morgan fingerprint density at radius 3 is 2.23 bits per heavy atom. The standard InChI is InChI=1S/C18H16N4O2S2/c1-12-3-7-14(8-4-12)16-11-25-18-19-17(20-22(16)18)21-26(23,24)15-9-5-13(2)6-10-15/h3-11H,1-2H3,(H,20,21). The molecule has 0 bridgehead atoms. The van der Waals surface area contributed by atoms with Crippen LogP contribution in [-0.4, -0.2) is 23.0 Å². The molecular weight excluding hydrogens is 368 g/mol. The van der Waals surface area contributed by atoms with Gasteiger partial charge in [0.05, 0.1) is 10.6 Å². The van der Waals surface area contributed by atoms with Crippen LogP contribution in [0.2, 0.25) is 0 Å². The molecular formula is C18H16N4O2S2. The van der Waals surface area contributed by atoms with E-state index in [4.69, 9.17) is 0 Å². The van der Waals surface area contributed by atoms with Gasteiger partial charge in [-0.3, -0.25) is 0 Å². The number of benzene rings is 2. The molecule has 4 aromatic rings. The molecule has 26 heavy (non-hydrogen) atoms. The molecule has 0 saturated carbocycles.